The van der Waals surface area contributed by atoms with Gasteiger partial charge >= 0.3 is 0 Å². The van der Waals surface area contributed by atoms with Gasteiger partial charge in [-0.2, -0.15) is 11.8 Å². The number of thioether (sulfide) groups is 1. The van der Waals surface area contributed by atoms with E-state index in [0.29, 0.717) is 12.5 Å². The third kappa shape index (κ3) is 4.89. The number of carbonyl (C=O) groups is 1. The summed E-state index contributed by atoms with van der Waals surface area (Å²) < 4.78 is 0. The highest BCUT2D eigenvalue weighted by atomic mass is 32.2. The molecule has 88 valence electrons. The molecule has 0 radical (unpaired) electrons. The Morgan fingerprint density at radius 1 is 1.60 bits per heavy atom. The monoisotopic (exact) mass is 230 g/mol. The zero-order chi connectivity index (χ0) is 11.3. The fourth-order valence-corrected chi connectivity index (χ4v) is 2.87. The number of nitrogens with one attached hydrogen (secondary N) is 1. The normalized spacial score (nSPS) is 22.7. The second-order valence-electron chi connectivity index (χ2n) is 4.44. The summed E-state index contributed by atoms with van der Waals surface area (Å²) in [6.45, 7) is 3.13. The molecule has 0 saturated carbocycles. The topological polar surface area (TPSA) is 32.3 Å². The Kier molecular flexibility index (Phi) is 5.47. The fourth-order valence-electron chi connectivity index (χ4n) is 1.65. The van der Waals surface area contributed by atoms with E-state index in [9.17, 15) is 4.79 Å². The molecule has 4 heteroatoms. The van der Waals surface area contributed by atoms with Crippen LogP contribution in [-0.4, -0.2) is 48.5 Å². The highest BCUT2D eigenvalue weighted by Crippen LogP contribution is 2.25. The molecule has 1 saturated heterocycles. The number of amides is 1. The average Bonchev–Trinajstić information content (AvgIpc) is 2.66. The smallest absolute Gasteiger partial charge is 0.223 e. The van der Waals surface area contributed by atoms with E-state index in [1.54, 1.807) is 4.90 Å². The van der Waals surface area contributed by atoms with E-state index in [1.165, 1.54) is 18.6 Å². The molecule has 0 bridgehead atoms. The summed E-state index contributed by atoms with van der Waals surface area (Å²) in [5.41, 5.74) is 0. The van der Waals surface area contributed by atoms with Gasteiger partial charge in [0.25, 0.3) is 0 Å². The Bertz CT molecular complexity index is 203. The summed E-state index contributed by atoms with van der Waals surface area (Å²) in [4.78, 5) is 13.1. The molecule has 0 spiro atoms. The van der Waals surface area contributed by atoms with Gasteiger partial charge in [-0.15, -0.1) is 0 Å². The maximum Gasteiger partial charge on any atom is 0.223 e. The van der Waals surface area contributed by atoms with Crippen molar-refractivity contribution in [1.29, 1.82) is 0 Å². The van der Waals surface area contributed by atoms with Crippen molar-refractivity contribution in [1.82, 2.24) is 10.2 Å². The van der Waals surface area contributed by atoms with E-state index in [2.05, 4.69) is 24.0 Å². The lowest BCUT2D eigenvalue weighted by atomic mass is 10.2. The maximum atomic E-state index is 11.4. The van der Waals surface area contributed by atoms with Gasteiger partial charge in [-0.25, -0.2) is 0 Å². The molecular weight excluding hydrogens is 208 g/mol. The average molecular weight is 230 g/mol. The van der Waals surface area contributed by atoms with E-state index in [4.69, 9.17) is 0 Å². The van der Waals surface area contributed by atoms with E-state index >= 15 is 0 Å². The van der Waals surface area contributed by atoms with Crippen molar-refractivity contribution in [2.45, 2.75) is 37.5 Å². The second kappa shape index (κ2) is 6.38. The Morgan fingerprint density at radius 3 is 2.87 bits per heavy atom. The van der Waals surface area contributed by atoms with Crippen LogP contribution in [-0.2, 0) is 4.79 Å². The van der Waals surface area contributed by atoms with Gasteiger partial charge in [0.05, 0.1) is 0 Å². The minimum absolute atomic E-state index is 0.203. The highest BCUT2D eigenvalue weighted by Gasteiger charge is 2.17. The summed E-state index contributed by atoms with van der Waals surface area (Å²) >= 11 is 2.05. The first-order chi connectivity index (χ1) is 7.09. The van der Waals surface area contributed by atoms with Crippen LogP contribution in [0.15, 0.2) is 0 Å². The molecule has 0 aromatic carbocycles. The van der Waals surface area contributed by atoms with Gasteiger partial charge in [-0.1, -0.05) is 0 Å². The molecule has 15 heavy (non-hydrogen) atoms. The van der Waals surface area contributed by atoms with Crippen molar-refractivity contribution in [3.8, 4) is 0 Å². The van der Waals surface area contributed by atoms with E-state index in [-0.39, 0.29) is 5.91 Å². The molecule has 2 atom stereocenters. The minimum Gasteiger partial charge on any atom is -0.349 e. The molecule has 0 aliphatic carbocycles. The van der Waals surface area contributed by atoms with Crippen LogP contribution in [0.1, 0.15) is 26.2 Å². The van der Waals surface area contributed by atoms with Crippen LogP contribution in [0.5, 0.6) is 0 Å². The lowest BCUT2D eigenvalue weighted by Gasteiger charge is -2.18. The van der Waals surface area contributed by atoms with E-state index < -0.39 is 0 Å². The van der Waals surface area contributed by atoms with Gasteiger partial charge < -0.3 is 10.2 Å². The quantitative estimate of drug-likeness (QED) is 0.773. The molecule has 2 unspecified atom stereocenters. The summed E-state index contributed by atoms with van der Waals surface area (Å²) in [6.07, 6.45) is 3.28. The zero-order valence-electron chi connectivity index (χ0n) is 9.95. The van der Waals surface area contributed by atoms with Crippen molar-refractivity contribution in [2.24, 2.45) is 0 Å². The number of carbonyl (C=O) groups excluding carboxylic acids is 1. The summed E-state index contributed by atoms with van der Waals surface area (Å²) in [6, 6.07) is 0.293. The fraction of sp³-hybridized carbons (Fsp3) is 0.909. The number of rotatable bonds is 5. The molecule has 1 N–H and O–H groups in total. The van der Waals surface area contributed by atoms with Crippen LogP contribution >= 0.6 is 11.8 Å². The molecule has 1 aliphatic heterocycles. The third-order valence-electron chi connectivity index (χ3n) is 2.70. The molecule has 1 rings (SSSR count). The lowest BCUT2D eigenvalue weighted by Crippen LogP contribution is -2.36. The number of hydrogen-bond acceptors (Lipinski definition) is 3. The Morgan fingerprint density at radius 2 is 2.33 bits per heavy atom. The molecule has 1 amide bonds. The summed E-state index contributed by atoms with van der Waals surface area (Å²) in [7, 11) is 3.61. The first-order valence-electron chi connectivity index (χ1n) is 5.64. The van der Waals surface area contributed by atoms with Crippen LogP contribution in [0.2, 0.25) is 0 Å². The Hall–Kier alpha value is -0.220. The summed E-state index contributed by atoms with van der Waals surface area (Å²) in [5.74, 6) is 1.51. The van der Waals surface area contributed by atoms with Gasteiger partial charge in [-0.3, -0.25) is 4.79 Å². The molecule has 3 nitrogen and oxygen atoms in total. The van der Waals surface area contributed by atoms with Crippen molar-refractivity contribution >= 4 is 17.7 Å². The summed E-state index contributed by atoms with van der Waals surface area (Å²) in [5, 5.41) is 4.21. The number of hydrogen-bond donors (Lipinski definition) is 1. The standard InChI is InChI=1S/C11H22N2OS/c1-9(7-11(14)13(2)3)12-8-10-5-4-6-15-10/h9-10,12H,4-8H2,1-3H3. The van der Waals surface area contributed by atoms with Gasteiger partial charge in [-0.05, 0) is 25.5 Å². The first-order valence-corrected chi connectivity index (χ1v) is 6.69. The molecule has 0 aromatic heterocycles. The van der Waals surface area contributed by atoms with Gasteiger partial charge in [0.2, 0.25) is 5.91 Å². The highest BCUT2D eigenvalue weighted by molar-refractivity contribution is 8.00. The van der Waals surface area contributed by atoms with Crippen molar-refractivity contribution in [3.05, 3.63) is 0 Å². The molecular formula is C11H22N2OS. The minimum atomic E-state index is 0.203. The van der Waals surface area contributed by atoms with Crippen LogP contribution < -0.4 is 5.32 Å². The first kappa shape index (κ1) is 12.8. The lowest BCUT2D eigenvalue weighted by molar-refractivity contribution is -0.129. The van der Waals surface area contributed by atoms with Gasteiger partial charge in [0.1, 0.15) is 0 Å². The number of nitrogens with zero attached hydrogens (tertiary/aromatic N) is 1. The van der Waals surface area contributed by atoms with E-state index in [0.717, 1.165) is 11.8 Å². The van der Waals surface area contributed by atoms with Crippen molar-refractivity contribution in [2.75, 3.05) is 26.4 Å². The van der Waals surface area contributed by atoms with Gasteiger partial charge in [0.15, 0.2) is 0 Å². The van der Waals surface area contributed by atoms with E-state index in [1.807, 2.05) is 14.1 Å². The zero-order valence-corrected chi connectivity index (χ0v) is 10.8. The van der Waals surface area contributed by atoms with Crippen LogP contribution in [0, 0.1) is 0 Å². The predicted octanol–water partition coefficient (Wildman–Crippen LogP) is 1.34. The van der Waals surface area contributed by atoms with Crippen LogP contribution in [0.4, 0.5) is 0 Å². The largest absolute Gasteiger partial charge is 0.349 e. The second-order valence-corrected chi connectivity index (χ2v) is 5.84. The molecule has 1 heterocycles. The van der Waals surface area contributed by atoms with Gasteiger partial charge in [0, 0.05) is 38.4 Å². The molecule has 1 fully saturated rings. The SMILES string of the molecule is CC(CC(=O)N(C)C)NCC1CCCS1. The Labute approximate surface area is 97.0 Å². The van der Waals surface area contributed by atoms with Crippen molar-refractivity contribution in [3.63, 3.8) is 0 Å². The predicted molar refractivity (Wildman–Crippen MR) is 66.3 cm³/mol. The molecule has 1 aliphatic rings. The molecule has 0 aromatic rings. The third-order valence-corrected chi connectivity index (χ3v) is 4.10. The van der Waals surface area contributed by atoms with Crippen LogP contribution in [0.25, 0.3) is 0 Å². The van der Waals surface area contributed by atoms with Crippen LogP contribution in [0.3, 0.4) is 0 Å². The van der Waals surface area contributed by atoms with Crippen molar-refractivity contribution < 1.29 is 4.79 Å². The maximum absolute atomic E-state index is 11.4. The Balaban J connectivity index is 2.12.